The molecule has 1 aromatic heterocycles. The van der Waals surface area contributed by atoms with Crippen LogP contribution in [0.25, 0.3) is 0 Å². The predicted octanol–water partition coefficient (Wildman–Crippen LogP) is 2.16. The van der Waals surface area contributed by atoms with E-state index in [9.17, 15) is 4.79 Å². The second-order valence-corrected chi connectivity index (χ2v) is 6.63. The van der Waals surface area contributed by atoms with Crippen molar-refractivity contribution in [3.8, 4) is 0 Å². The molecular formula is C18H30Cl2N4O2. The molecule has 1 amide bonds. The van der Waals surface area contributed by atoms with Crippen LogP contribution in [0.4, 0.5) is 5.82 Å². The minimum atomic E-state index is 0. The van der Waals surface area contributed by atoms with Gasteiger partial charge in [0.15, 0.2) is 0 Å². The van der Waals surface area contributed by atoms with Gasteiger partial charge in [0.1, 0.15) is 5.82 Å². The lowest BCUT2D eigenvalue weighted by Gasteiger charge is -2.28. The Balaban J connectivity index is 0.00000169. The van der Waals surface area contributed by atoms with Crippen molar-refractivity contribution < 1.29 is 9.53 Å². The van der Waals surface area contributed by atoms with Gasteiger partial charge in [0.05, 0.1) is 13.2 Å². The van der Waals surface area contributed by atoms with E-state index in [1.807, 2.05) is 12.3 Å². The molecule has 0 atom stereocenters. The van der Waals surface area contributed by atoms with Crippen molar-refractivity contribution in [1.82, 2.24) is 15.6 Å². The summed E-state index contributed by atoms with van der Waals surface area (Å²) in [6, 6.07) is 4.04. The number of halogens is 2. The molecule has 0 unspecified atom stereocenters. The number of ether oxygens (including phenoxy) is 1. The third kappa shape index (κ3) is 7.27. The number of hydrogen-bond donors (Lipinski definition) is 2. The smallest absolute Gasteiger partial charge is 0.220 e. The van der Waals surface area contributed by atoms with E-state index in [2.05, 4.69) is 26.6 Å². The number of aromatic nitrogens is 1. The maximum atomic E-state index is 12.1. The summed E-state index contributed by atoms with van der Waals surface area (Å²) >= 11 is 0. The van der Waals surface area contributed by atoms with E-state index in [-0.39, 0.29) is 30.7 Å². The van der Waals surface area contributed by atoms with Crippen LogP contribution in [-0.4, -0.2) is 50.3 Å². The van der Waals surface area contributed by atoms with Gasteiger partial charge in [-0.3, -0.25) is 4.79 Å². The molecule has 0 spiro atoms. The van der Waals surface area contributed by atoms with E-state index >= 15 is 0 Å². The van der Waals surface area contributed by atoms with E-state index in [1.54, 1.807) is 0 Å². The summed E-state index contributed by atoms with van der Waals surface area (Å²) in [6.45, 7) is 6.00. The largest absolute Gasteiger partial charge is 0.378 e. The molecule has 3 heterocycles. The van der Waals surface area contributed by atoms with Crippen molar-refractivity contribution in [2.24, 2.45) is 5.92 Å². The maximum absolute atomic E-state index is 12.1. The number of rotatable bonds is 6. The van der Waals surface area contributed by atoms with E-state index in [4.69, 9.17) is 4.74 Å². The molecule has 0 aromatic carbocycles. The third-order valence-corrected chi connectivity index (χ3v) is 4.87. The molecule has 3 rings (SSSR count). The van der Waals surface area contributed by atoms with Gasteiger partial charge in [-0.25, -0.2) is 4.98 Å². The van der Waals surface area contributed by atoms with Gasteiger partial charge in [0.2, 0.25) is 5.91 Å². The molecule has 148 valence electrons. The summed E-state index contributed by atoms with van der Waals surface area (Å²) in [5.74, 6) is 1.82. The van der Waals surface area contributed by atoms with Gasteiger partial charge in [-0.1, -0.05) is 0 Å². The highest BCUT2D eigenvalue weighted by Crippen LogP contribution is 2.18. The molecule has 0 radical (unpaired) electrons. The van der Waals surface area contributed by atoms with E-state index in [0.29, 0.717) is 18.9 Å². The summed E-state index contributed by atoms with van der Waals surface area (Å²) in [5.41, 5.74) is 1.10. The summed E-state index contributed by atoms with van der Waals surface area (Å²) in [7, 11) is 0. The molecule has 0 bridgehead atoms. The Morgan fingerprint density at radius 1 is 1.27 bits per heavy atom. The summed E-state index contributed by atoms with van der Waals surface area (Å²) < 4.78 is 5.38. The fourth-order valence-electron chi connectivity index (χ4n) is 3.33. The Kier molecular flexibility index (Phi) is 10.9. The minimum absolute atomic E-state index is 0. The lowest BCUT2D eigenvalue weighted by atomic mass is 9.93. The average Bonchev–Trinajstić information content (AvgIpc) is 2.66. The zero-order valence-corrected chi connectivity index (χ0v) is 16.7. The van der Waals surface area contributed by atoms with E-state index in [0.717, 1.165) is 57.2 Å². The zero-order valence-electron chi connectivity index (χ0n) is 15.1. The summed E-state index contributed by atoms with van der Waals surface area (Å²) in [6.07, 6.45) is 5.84. The number of nitrogens with one attached hydrogen (secondary N) is 2. The quantitative estimate of drug-likeness (QED) is 0.760. The van der Waals surface area contributed by atoms with Crippen LogP contribution in [0.1, 0.15) is 31.2 Å². The highest BCUT2D eigenvalue weighted by atomic mass is 35.5. The van der Waals surface area contributed by atoms with Crippen LogP contribution in [0.5, 0.6) is 0 Å². The van der Waals surface area contributed by atoms with E-state index < -0.39 is 0 Å². The fraction of sp³-hybridized carbons (Fsp3) is 0.667. The highest BCUT2D eigenvalue weighted by Gasteiger charge is 2.15. The first-order chi connectivity index (χ1) is 11.8. The number of morpholine rings is 1. The van der Waals surface area contributed by atoms with Crippen LogP contribution < -0.4 is 15.5 Å². The Morgan fingerprint density at radius 2 is 2.00 bits per heavy atom. The molecule has 1 aromatic rings. The van der Waals surface area contributed by atoms with Gasteiger partial charge >= 0.3 is 0 Å². The van der Waals surface area contributed by atoms with E-state index in [1.165, 1.54) is 12.8 Å². The molecule has 2 N–H and O–H groups in total. The Labute approximate surface area is 168 Å². The van der Waals surface area contributed by atoms with Crippen LogP contribution in [0.3, 0.4) is 0 Å². The van der Waals surface area contributed by atoms with Gasteiger partial charge in [-0.05, 0) is 56.0 Å². The predicted molar refractivity (Wildman–Crippen MR) is 108 cm³/mol. The maximum Gasteiger partial charge on any atom is 0.220 e. The molecule has 6 nitrogen and oxygen atoms in total. The molecule has 8 heteroatoms. The number of anilines is 1. The number of pyridine rings is 1. The van der Waals surface area contributed by atoms with Gasteiger partial charge in [0.25, 0.3) is 0 Å². The topological polar surface area (TPSA) is 66.5 Å². The fourth-order valence-corrected chi connectivity index (χ4v) is 3.33. The van der Waals surface area contributed by atoms with Gasteiger partial charge in [-0.2, -0.15) is 0 Å². The lowest BCUT2D eigenvalue weighted by Crippen LogP contribution is -2.36. The van der Waals surface area contributed by atoms with Crippen molar-refractivity contribution in [3.63, 3.8) is 0 Å². The highest BCUT2D eigenvalue weighted by molar-refractivity contribution is 5.85. The summed E-state index contributed by atoms with van der Waals surface area (Å²) in [4.78, 5) is 18.7. The molecule has 2 aliphatic rings. The first kappa shape index (κ1) is 23.0. The number of nitrogens with zero attached hydrogens (tertiary/aromatic N) is 2. The van der Waals surface area contributed by atoms with Crippen LogP contribution in [0, 0.1) is 5.92 Å². The molecule has 2 saturated heterocycles. The van der Waals surface area contributed by atoms with Crippen LogP contribution in [-0.2, 0) is 16.1 Å². The Morgan fingerprint density at radius 3 is 2.73 bits per heavy atom. The molecule has 2 fully saturated rings. The number of carbonyl (C=O) groups is 1. The SMILES string of the molecule is Cl.Cl.O=C(CCC1CCNCC1)NCc1ccnc(N2CCOCC2)c1. The minimum Gasteiger partial charge on any atom is -0.378 e. The van der Waals surface area contributed by atoms with Crippen LogP contribution in [0.2, 0.25) is 0 Å². The second-order valence-electron chi connectivity index (χ2n) is 6.63. The normalized spacial score (nSPS) is 17.8. The van der Waals surface area contributed by atoms with Crippen molar-refractivity contribution in [2.75, 3.05) is 44.3 Å². The average molecular weight is 405 g/mol. The number of hydrogen-bond acceptors (Lipinski definition) is 5. The van der Waals surface area contributed by atoms with Crippen molar-refractivity contribution in [1.29, 1.82) is 0 Å². The zero-order chi connectivity index (χ0) is 16.6. The molecule has 0 aliphatic carbocycles. The third-order valence-electron chi connectivity index (χ3n) is 4.87. The second kappa shape index (κ2) is 12.3. The Hall–Kier alpha value is -1.08. The van der Waals surface area contributed by atoms with Gasteiger partial charge < -0.3 is 20.3 Å². The molecule has 26 heavy (non-hydrogen) atoms. The first-order valence-electron chi connectivity index (χ1n) is 9.06. The molecule has 0 saturated carbocycles. The molecule has 2 aliphatic heterocycles. The molecular weight excluding hydrogens is 375 g/mol. The van der Waals surface area contributed by atoms with Gasteiger partial charge in [0, 0.05) is 32.3 Å². The lowest BCUT2D eigenvalue weighted by molar-refractivity contribution is -0.121. The van der Waals surface area contributed by atoms with Crippen molar-refractivity contribution >= 4 is 36.5 Å². The standard InChI is InChI=1S/C18H28N4O2.2ClH/c23-18(2-1-15-3-6-19-7-4-15)21-14-16-5-8-20-17(13-16)22-9-11-24-12-10-22;;/h5,8,13,15,19H,1-4,6-7,9-12,14H2,(H,21,23);2*1H. The number of amides is 1. The Bertz CT molecular complexity index is 536. The van der Waals surface area contributed by atoms with Crippen molar-refractivity contribution in [3.05, 3.63) is 23.9 Å². The summed E-state index contributed by atoms with van der Waals surface area (Å²) in [5, 5.41) is 6.41. The first-order valence-corrected chi connectivity index (χ1v) is 9.06. The number of piperidine rings is 1. The van der Waals surface area contributed by atoms with Gasteiger partial charge in [-0.15, -0.1) is 24.8 Å². The van der Waals surface area contributed by atoms with Crippen LogP contribution >= 0.6 is 24.8 Å². The van der Waals surface area contributed by atoms with Crippen molar-refractivity contribution in [2.45, 2.75) is 32.2 Å². The number of carbonyl (C=O) groups excluding carboxylic acids is 1. The van der Waals surface area contributed by atoms with Crippen LogP contribution in [0.15, 0.2) is 18.3 Å². The monoisotopic (exact) mass is 404 g/mol.